The normalized spacial score (nSPS) is 32.6. The molecule has 115 heavy (non-hydrogen) atoms. The van der Waals surface area contributed by atoms with Gasteiger partial charge in [0.1, 0.15) is 21.9 Å². The third-order valence-corrected chi connectivity index (χ3v) is 92.3. The van der Waals surface area contributed by atoms with Gasteiger partial charge in [-0.15, -0.1) is 0 Å². The van der Waals surface area contributed by atoms with Crippen LogP contribution in [0.25, 0.3) is 0 Å². The fourth-order valence-electron chi connectivity index (χ4n) is 21.7. The molecule has 18 atom stereocenters. The minimum Gasteiger partial charge on any atom is -0.373 e. The van der Waals surface area contributed by atoms with E-state index in [1.807, 2.05) is 98.3 Å². The Morgan fingerprint density at radius 1 is 0.278 bits per heavy atom. The zero-order valence-electron chi connectivity index (χ0n) is 72.1. The van der Waals surface area contributed by atoms with Gasteiger partial charge in [0, 0.05) is 104 Å². The number of fused-ring (bicyclic) bond motifs is 10. The van der Waals surface area contributed by atoms with Crippen molar-refractivity contribution in [2.45, 2.75) is 308 Å². The maximum absolute atomic E-state index is 7.14. The predicted molar refractivity (Wildman–Crippen MR) is 539 cm³/mol. The molecule has 0 spiro atoms. The molecule has 0 aromatic rings. The van der Waals surface area contributed by atoms with E-state index in [-0.39, 0.29) is 27.1 Å². The van der Waals surface area contributed by atoms with Crippen molar-refractivity contribution < 1.29 is 66.4 Å². The second-order valence-electron chi connectivity index (χ2n) is 32.4. The van der Waals surface area contributed by atoms with E-state index in [4.69, 9.17) is 66.4 Å². The fraction of sp³-hybridized carbons (Fsp3) is 1.00. The van der Waals surface area contributed by atoms with Crippen molar-refractivity contribution in [2.24, 2.45) is 65.1 Å². The monoisotopic (exact) mass is 2060 g/mol. The van der Waals surface area contributed by atoms with E-state index >= 15 is 0 Å². The maximum Gasteiger partial charge on any atom is 0.519 e. The molecule has 10 aliphatic rings. The third-order valence-electron chi connectivity index (χ3n) is 26.3. The molecule has 0 aromatic heterocycles. The summed E-state index contributed by atoms with van der Waals surface area (Å²) in [5.74, 6) is 6.01. The molecule has 40 heteroatoms. The largest absolute Gasteiger partial charge is 0.519 e. The standard InChI is InChI=1S/C75H142O15S20Si5/c1-19-57(17)35-46-68(91-101-103-93-70(52-58-36-41-63(70)47-58)111(76-20-2,77-21-3)78-22-4)69(18,92-102-104-94-71(53-59-37-42-64(71)48-59)112(79-23-5,80-24-6)81-25-7)75(98-108-105-95-72(54-60-38-43-65(72)49-60)113(82-26-8,83-27-9)84-28-10,99-109-106-96-73(55-61-39-44-66(73)50-61)114(85-29-11,86-30-12)87-31-13)100-110-107-97-74(56-62-40-45-67(74)51-62)115(88-32-14,89-33-15)90-34-16/h57-68H,19-56H2,1-18H3. The van der Waals surface area contributed by atoms with E-state index < -0.39 is 52.2 Å². The molecule has 10 aliphatic carbocycles. The first-order valence-corrected chi connectivity index (χ1v) is 76.6. The highest BCUT2D eigenvalue weighted by Gasteiger charge is 2.76. The summed E-state index contributed by atoms with van der Waals surface area (Å²) in [4.78, 5) is 0. The molecule has 0 saturated heterocycles. The molecular formula is C75H142O15S20Si5. The molecule has 10 bridgehead atoms. The average molecular weight is 2070 g/mol. The van der Waals surface area contributed by atoms with Crippen LogP contribution in [-0.4, -0.2) is 178 Å². The summed E-state index contributed by atoms with van der Waals surface area (Å²) >= 11 is 0. The van der Waals surface area contributed by atoms with Crippen LogP contribution < -0.4 is 0 Å². The Kier molecular flexibility index (Phi) is 45.1. The lowest BCUT2D eigenvalue weighted by Crippen LogP contribution is -2.65. The van der Waals surface area contributed by atoms with Crippen molar-refractivity contribution in [3.63, 3.8) is 0 Å². The van der Waals surface area contributed by atoms with Crippen LogP contribution in [0.5, 0.6) is 0 Å². The Balaban J connectivity index is 1.14. The van der Waals surface area contributed by atoms with Crippen LogP contribution >= 0.6 is 206 Å². The zero-order valence-corrected chi connectivity index (χ0v) is 93.4. The van der Waals surface area contributed by atoms with Crippen LogP contribution in [-0.2, 0) is 66.4 Å². The van der Waals surface area contributed by atoms with Crippen molar-refractivity contribution in [3.05, 3.63) is 0 Å². The lowest BCUT2D eigenvalue weighted by atomic mass is 9.96. The number of hydrogen-bond donors (Lipinski definition) is 0. The van der Waals surface area contributed by atoms with E-state index in [1.165, 1.54) is 96.3 Å². The molecule has 10 fully saturated rings. The Hall–Kier alpha value is 7.48. The second kappa shape index (κ2) is 49.6. The lowest BCUT2D eigenvalue weighted by Gasteiger charge is -2.50. The van der Waals surface area contributed by atoms with Crippen LogP contribution in [0.3, 0.4) is 0 Å². The van der Waals surface area contributed by atoms with Crippen LogP contribution in [0.15, 0.2) is 0 Å². The van der Waals surface area contributed by atoms with Gasteiger partial charge >= 0.3 is 44.0 Å². The Labute approximate surface area is 779 Å². The molecule has 672 valence electrons. The molecule has 10 rings (SSSR count). The first kappa shape index (κ1) is 105. The predicted octanol–water partition coefficient (Wildman–Crippen LogP) is 28.7. The molecule has 0 amide bonds. The van der Waals surface area contributed by atoms with Crippen LogP contribution in [0.1, 0.15) is 272 Å². The van der Waals surface area contributed by atoms with Crippen molar-refractivity contribution >= 4 is 250 Å². The molecule has 0 heterocycles. The van der Waals surface area contributed by atoms with Gasteiger partial charge < -0.3 is 66.4 Å². The first-order chi connectivity index (χ1) is 55.7. The van der Waals surface area contributed by atoms with Gasteiger partial charge in [0.05, 0.1) is 4.75 Å². The quantitative estimate of drug-likeness (QED) is 0.0247. The highest BCUT2D eigenvalue weighted by Crippen LogP contribution is 2.81. The summed E-state index contributed by atoms with van der Waals surface area (Å²) in [6.45, 7) is 48.2. The van der Waals surface area contributed by atoms with Crippen molar-refractivity contribution in [3.8, 4) is 0 Å². The van der Waals surface area contributed by atoms with Gasteiger partial charge in [-0.1, -0.05) is 128 Å². The summed E-state index contributed by atoms with van der Waals surface area (Å²) in [6.07, 6.45) is 26.9. The highest BCUT2D eigenvalue weighted by atomic mass is 33.7. The number of hydrogen-bond acceptors (Lipinski definition) is 35. The first-order valence-electron chi connectivity index (χ1n) is 43.8. The van der Waals surface area contributed by atoms with E-state index in [0.29, 0.717) is 164 Å². The van der Waals surface area contributed by atoms with Crippen LogP contribution in [0.2, 0.25) is 0 Å². The fourth-order valence-corrected chi connectivity index (χ4v) is 100. The zero-order chi connectivity index (χ0) is 82.5. The summed E-state index contributed by atoms with van der Waals surface area (Å²) in [6, 6.07) is 0. The van der Waals surface area contributed by atoms with E-state index in [1.54, 1.807) is 0 Å². The smallest absolute Gasteiger partial charge is 0.373 e. The maximum atomic E-state index is 7.14. The van der Waals surface area contributed by atoms with Crippen molar-refractivity contribution in [2.75, 3.05) is 99.1 Å². The molecule has 0 radical (unpaired) electrons. The summed E-state index contributed by atoms with van der Waals surface area (Å²) in [5.41, 5.74) is 0. The summed E-state index contributed by atoms with van der Waals surface area (Å²) < 4.78 is 104. The average Bonchev–Trinajstić information content (AvgIpc) is 1.60. The van der Waals surface area contributed by atoms with Crippen LogP contribution in [0.4, 0.5) is 0 Å². The van der Waals surface area contributed by atoms with Crippen molar-refractivity contribution in [1.29, 1.82) is 0 Å². The van der Waals surface area contributed by atoms with Gasteiger partial charge in [-0.3, -0.25) is 0 Å². The third kappa shape index (κ3) is 22.4. The van der Waals surface area contributed by atoms with Gasteiger partial charge in [0.2, 0.25) is 0 Å². The Morgan fingerprint density at radius 2 is 0.487 bits per heavy atom. The molecule has 0 aromatic carbocycles. The minimum atomic E-state index is -3.29. The van der Waals surface area contributed by atoms with Crippen molar-refractivity contribution in [1.82, 2.24) is 0 Å². The number of rotatable bonds is 66. The molecule has 0 N–H and O–H groups in total. The molecule has 10 saturated carbocycles. The minimum absolute atomic E-state index is 0.135. The second-order valence-corrected chi connectivity index (χ2v) is 80.7. The summed E-state index contributed by atoms with van der Waals surface area (Å²) in [7, 11) is 24.7. The Morgan fingerprint density at radius 3 is 0.670 bits per heavy atom. The Bertz CT molecular complexity index is 2620. The van der Waals surface area contributed by atoms with Gasteiger partial charge in [-0.25, -0.2) is 0 Å². The van der Waals surface area contributed by atoms with E-state index in [9.17, 15) is 0 Å². The van der Waals surface area contributed by atoms with Gasteiger partial charge in [0.25, 0.3) is 0 Å². The SMILES string of the molecule is CCO[Si](OCC)(OCC)C1(SSSSC(CCC(C)CC)C(C)(SSSSC2([Si](OCC)(OCC)OCC)CC3CCC2C3)C(SSSSC2([Si](OCC)(OCC)OCC)CC3CCC2C3)(SSSSC2([Si](OCC)(OCC)OCC)CC3CCC2C3)SSSSC2([Si](OCC)(OCC)OCC)CC3CCC2C3)CC2CCC1C2. The van der Waals surface area contributed by atoms with Crippen LogP contribution in [0, 0.1) is 65.1 Å². The topological polar surface area (TPSA) is 138 Å². The summed E-state index contributed by atoms with van der Waals surface area (Å²) in [5, 5.41) is 0.135. The van der Waals surface area contributed by atoms with E-state index in [0.717, 1.165) is 51.4 Å². The highest BCUT2D eigenvalue weighted by molar-refractivity contribution is 9.33. The lowest BCUT2D eigenvalue weighted by molar-refractivity contribution is 0.0494. The molecular weight excluding hydrogens is 1920 g/mol. The van der Waals surface area contributed by atoms with E-state index in [2.05, 4.69) is 233 Å². The van der Waals surface area contributed by atoms with Gasteiger partial charge in [0.15, 0.2) is 3.41 Å². The van der Waals surface area contributed by atoms with Gasteiger partial charge in [-0.2, -0.15) is 0 Å². The molecule has 15 nitrogen and oxygen atoms in total. The van der Waals surface area contributed by atoms with Gasteiger partial charge in [-0.05, 0) is 416 Å². The molecule has 18 unspecified atom stereocenters. The molecule has 0 aliphatic heterocycles.